The average Bonchev–Trinajstić information content (AvgIpc) is 2.77. The van der Waals surface area contributed by atoms with Gasteiger partial charge in [0.25, 0.3) is 5.91 Å². The van der Waals surface area contributed by atoms with Crippen LogP contribution in [0.4, 0.5) is 0 Å². The number of pyridine rings is 1. The van der Waals surface area contributed by atoms with E-state index in [2.05, 4.69) is 10.3 Å². The number of hydrogen-bond donors (Lipinski definition) is 1. The molecule has 1 amide bonds. The standard InChI is InChI=1S/C14H9ClN2O2S2/c1-19-9-3-2-7-4-8(12(15)16-10(7)6-9)5-11-13(18)17-14(20)21-11/h2-6H,1H3,(H,17,18,20)/b11-5-. The predicted molar refractivity (Wildman–Crippen MR) is 89.6 cm³/mol. The Labute approximate surface area is 135 Å². The van der Waals surface area contributed by atoms with Crippen molar-refractivity contribution in [2.24, 2.45) is 0 Å². The molecule has 0 spiro atoms. The molecule has 1 aromatic heterocycles. The number of halogens is 1. The van der Waals surface area contributed by atoms with Crippen molar-refractivity contribution in [1.82, 2.24) is 10.3 Å². The van der Waals surface area contributed by atoms with Gasteiger partial charge in [0.15, 0.2) is 0 Å². The fraction of sp³-hybridized carbons (Fsp3) is 0.0714. The monoisotopic (exact) mass is 336 g/mol. The van der Waals surface area contributed by atoms with E-state index in [-0.39, 0.29) is 5.91 Å². The molecule has 0 unspecified atom stereocenters. The predicted octanol–water partition coefficient (Wildman–Crippen LogP) is 3.39. The molecule has 2 heterocycles. The molecule has 0 bridgehead atoms. The van der Waals surface area contributed by atoms with Gasteiger partial charge in [-0.15, -0.1) is 0 Å². The molecule has 1 saturated heterocycles. The minimum absolute atomic E-state index is 0.212. The topological polar surface area (TPSA) is 51.2 Å². The molecule has 1 fully saturated rings. The maximum Gasteiger partial charge on any atom is 0.263 e. The fourth-order valence-electron chi connectivity index (χ4n) is 1.93. The van der Waals surface area contributed by atoms with Gasteiger partial charge in [0.05, 0.1) is 17.5 Å². The molecule has 1 N–H and O–H groups in total. The summed E-state index contributed by atoms with van der Waals surface area (Å²) in [6.45, 7) is 0. The number of benzene rings is 1. The summed E-state index contributed by atoms with van der Waals surface area (Å²) in [5, 5.41) is 3.81. The first-order chi connectivity index (χ1) is 10.1. The van der Waals surface area contributed by atoms with Crippen LogP contribution in [0.15, 0.2) is 29.2 Å². The number of nitrogens with zero attached hydrogens (tertiary/aromatic N) is 1. The number of thioether (sulfide) groups is 1. The van der Waals surface area contributed by atoms with E-state index in [1.165, 1.54) is 11.8 Å². The molecule has 0 saturated carbocycles. The van der Waals surface area contributed by atoms with E-state index in [9.17, 15) is 4.79 Å². The number of thiocarbonyl (C=S) groups is 1. The molecule has 0 radical (unpaired) electrons. The van der Waals surface area contributed by atoms with Crippen LogP contribution in [0.3, 0.4) is 0 Å². The van der Waals surface area contributed by atoms with Crippen LogP contribution in [-0.4, -0.2) is 22.3 Å². The molecule has 106 valence electrons. The van der Waals surface area contributed by atoms with Crippen molar-refractivity contribution in [1.29, 1.82) is 0 Å². The second kappa shape index (κ2) is 5.63. The van der Waals surface area contributed by atoms with Crippen molar-refractivity contribution in [3.8, 4) is 5.75 Å². The number of carbonyl (C=O) groups excluding carboxylic acids is 1. The van der Waals surface area contributed by atoms with Gasteiger partial charge in [-0.2, -0.15) is 0 Å². The lowest BCUT2D eigenvalue weighted by Gasteiger charge is -2.05. The Kier molecular flexibility index (Phi) is 3.84. The number of carbonyl (C=O) groups is 1. The fourth-order valence-corrected chi connectivity index (χ4v) is 3.17. The highest BCUT2D eigenvalue weighted by atomic mass is 35.5. The highest BCUT2D eigenvalue weighted by Gasteiger charge is 2.22. The lowest BCUT2D eigenvalue weighted by atomic mass is 10.1. The van der Waals surface area contributed by atoms with Gasteiger partial charge < -0.3 is 10.1 Å². The Morgan fingerprint density at radius 3 is 2.90 bits per heavy atom. The zero-order valence-corrected chi connectivity index (χ0v) is 13.2. The van der Waals surface area contributed by atoms with Crippen LogP contribution in [0.5, 0.6) is 5.75 Å². The zero-order chi connectivity index (χ0) is 15.0. The van der Waals surface area contributed by atoms with Crippen LogP contribution in [0.1, 0.15) is 5.56 Å². The van der Waals surface area contributed by atoms with Gasteiger partial charge in [0.1, 0.15) is 15.2 Å². The Morgan fingerprint density at radius 1 is 1.43 bits per heavy atom. The summed E-state index contributed by atoms with van der Waals surface area (Å²) in [6, 6.07) is 7.43. The molecule has 7 heteroatoms. The second-order valence-corrected chi connectivity index (χ2v) is 6.36. The molecule has 21 heavy (non-hydrogen) atoms. The molecule has 3 rings (SSSR count). The van der Waals surface area contributed by atoms with Gasteiger partial charge in [-0.25, -0.2) is 4.98 Å². The van der Waals surface area contributed by atoms with Gasteiger partial charge in [0.2, 0.25) is 0 Å². The van der Waals surface area contributed by atoms with Crippen LogP contribution in [0.2, 0.25) is 5.15 Å². The smallest absolute Gasteiger partial charge is 0.263 e. The molecule has 4 nitrogen and oxygen atoms in total. The van der Waals surface area contributed by atoms with Gasteiger partial charge in [-0.3, -0.25) is 4.79 Å². The van der Waals surface area contributed by atoms with Crippen LogP contribution in [-0.2, 0) is 4.79 Å². The molecule has 1 aromatic carbocycles. The van der Waals surface area contributed by atoms with Crippen molar-refractivity contribution in [3.63, 3.8) is 0 Å². The molecule has 1 aliphatic heterocycles. The molecular formula is C14H9ClN2O2S2. The molecule has 1 aliphatic rings. The van der Waals surface area contributed by atoms with E-state index in [0.717, 1.165) is 10.9 Å². The third kappa shape index (κ3) is 2.88. The van der Waals surface area contributed by atoms with Gasteiger partial charge in [-0.1, -0.05) is 35.6 Å². The average molecular weight is 337 g/mol. The van der Waals surface area contributed by atoms with Crippen LogP contribution in [0.25, 0.3) is 17.0 Å². The lowest BCUT2D eigenvalue weighted by molar-refractivity contribution is -0.115. The third-order valence-corrected chi connectivity index (χ3v) is 4.40. The van der Waals surface area contributed by atoms with Crippen molar-refractivity contribution in [3.05, 3.63) is 39.9 Å². The number of aromatic nitrogens is 1. The van der Waals surface area contributed by atoms with Gasteiger partial charge in [0, 0.05) is 17.0 Å². The first-order valence-corrected chi connectivity index (χ1v) is 7.56. The number of fused-ring (bicyclic) bond motifs is 1. The number of ether oxygens (including phenoxy) is 1. The summed E-state index contributed by atoms with van der Waals surface area (Å²) in [5.74, 6) is 0.504. The Bertz CT molecular complexity index is 805. The Morgan fingerprint density at radius 2 is 2.24 bits per heavy atom. The molecule has 2 aromatic rings. The largest absolute Gasteiger partial charge is 0.497 e. The number of amides is 1. The minimum atomic E-state index is -0.212. The van der Waals surface area contributed by atoms with Crippen molar-refractivity contribution < 1.29 is 9.53 Å². The highest BCUT2D eigenvalue weighted by molar-refractivity contribution is 8.26. The van der Waals surface area contributed by atoms with E-state index in [1.54, 1.807) is 13.2 Å². The first kappa shape index (κ1) is 14.3. The summed E-state index contributed by atoms with van der Waals surface area (Å²) >= 11 is 12.4. The zero-order valence-electron chi connectivity index (χ0n) is 10.8. The van der Waals surface area contributed by atoms with Crippen LogP contribution < -0.4 is 10.1 Å². The number of hydrogen-bond acceptors (Lipinski definition) is 5. The summed E-state index contributed by atoms with van der Waals surface area (Å²) in [7, 11) is 1.60. The minimum Gasteiger partial charge on any atom is -0.497 e. The van der Waals surface area contributed by atoms with E-state index in [4.69, 9.17) is 28.6 Å². The summed E-state index contributed by atoms with van der Waals surface area (Å²) in [5.41, 5.74) is 1.41. The first-order valence-electron chi connectivity index (χ1n) is 5.96. The second-order valence-electron chi connectivity index (χ2n) is 4.28. The van der Waals surface area contributed by atoms with Crippen LogP contribution >= 0.6 is 35.6 Å². The summed E-state index contributed by atoms with van der Waals surface area (Å²) in [4.78, 5) is 16.5. The Balaban J connectivity index is 2.07. The third-order valence-electron chi connectivity index (χ3n) is 2.93. The lowest BCUT2D eigenvalue weighted by Crippen LogP contribution is -2.17. The number of rotatable bonds is 2. The van der Waals surface area contributed by atoms with Crippen molar-refractivity contribution >= 4 is 62.8 Å². The number of methoxy groups -OCH3 is 1. The molecule has 0 aliphatic carbocycles. The highest BCUT2D eigenvalue weighted by Crippen LogP contribution is 2.30. The molecular weight excluding hydrogens is 328 g/mol. The van der Waals surface area contributed by atoms with Gasteiger partial charge >= 0.3 is 0 Å². The molecule has 0 atom stereocenters. The van der Waals surface area contributed by atoms with Crippen molar-refractivity contribution in [2.75, 3.05) is 7.11 Å². The summed E-state index contributed by atoms with van der Waals surface area (Å²) in [6.07, 6.45) is 1.69. The maximum atomic E-state index is 11.7. The van der Waals surface area contributed by atoms with E-state index in [1.807, 2.05) is 24.3 Å². The maximum absolute atomic E-state index is 11.7. The van der Waals surface area contributed by atoms with E-state index < -0.39 is 0 Å². The SMILES string of the molecule is COc1ccc2cc(/C=C3\SC(=S)NC3=O)c(Cl)nc2c1. The van der Waals surface area contributed by atoms with Crippen molar-refractivity contribution in [2.45, 2.75) is 0 Å². The quantitative estimate of drug-likeness (QED) is 0.517. The van der Waals surface area contributed by atoms with Crippen LogP contribution in [0, 0.1) is 0 Å². The van der Waals surface area contributed by atoms with E-state index >= 15 is 0 Å². The number of nitrogens with one attached hydrogen (secondary N) is 1. The summed E-state index contributed by atoms with van der Waals surface area (Å²) < 4.78 is 5.61. The Hall–Kier alpha value is -1.63. The van der Waals surface area contributed by atoms with Gasteiger partial charge in [-0.05, 0) is 24.3 Å². The van der Waals surface area contributed by atoms with E-state index in [0.29, 0.717) is 25.7 Å². The normalized spacial score (nSPS) is 16.6.